The van der Waals surface area contributed by atoms with Gasteiger partial charge < -0.3 is 19.7 Å². The summed E-state index contributed by atoms with van der Waals surface area (Å²) in [6, 6.07) is 5.67. The van der Waals surface area contributed by atoms with Crippen molar-refractivity contribution in [3.05, 3.63) is 58.0 Å². The highest BCUT2D eigenvalue weighted by molar-refractivity contribution is 5.79. The molecule has 3 rings (SSSR count). The SMILES string of the molecule is C[C@](O)(CNC(=O)C1CCN(c2ccc(C(F)(F)F)cc2[N+](=O)[O-])CC1)c1ccco1. The van der Waals surface area contributed by atoms with Crippen LogP contribution in [-0.2, 0) is 16.6 Å². The van der Waals surface area contributed by atoms with Gasteiger partial charge in [0.15, 0.2) is 0 Å². The molecule has 2 aromatic rings. The first-order valence-corrected chi connectivity index (χ1v) is 9.63. The van der Waals surface area contributed by atoms with Crippen LogP contribution in [0.3, 0.4) is 0 Å². The molecule has 31 heavy (non-hydrogen) atoms. The zero-order valence-corrected chi connectivity index (χ0v) is 16.7. The smallest absolute Gasteiger partial charge is 0.416 e. The number of halogens is 3. The van der Waals surface area contributed by atoms with E-state index in [1.807, 2.05) is 0 Å². The Labute approximate surface area is 175 Å². The van der Waals surface area contributed by atoms with Crippen LogP contribution in [-0.4, -0.2) is 35.6 Å². The van der Waals surface area contributed by atoms with Gasteiger partial charge in [0.1, 0.15) is 17.0 Å². The summed E-state index contributed by atoms with van der Waals surface area (Å²) in [5, 5.41) is 24.4. The van der Waals surface area contributed by atoms with Crippen LogP contribution in [0.4, 0.5) is 24.5 Å². The summed E-state index contributed by atoms with van der Waals surface area (Å²) in [5.41, 5.74) is -2.98. The van der Waals surface area contributed by atoms with Gasteiger partial charge in [0.05, 0.1) is 23.3 Å². The Kier molecular flexibility index (Phi) is 6.25. The van der Waals surface area contributed by atoms with Crippen LogP contribution in [0, 0.1) is 16.0 Å². The lowest BCUT2D eigenvalue weighted by molar-refractivity contribution is -0.384. The van der Waals surface area contributed by atoms with E-state index in [0.29, 0.717) is 24.7 Å². The van der Waals surface area contributed by atoms with Crippen molar-refractivity contribution < 1.29 is 32.4 Å². The number of furan rings is 1. The Bertz CT molecular complexity index is 936. The predicted octanol–water partition coefficient (Wildman–Crippen LogP) is 3.45. The van der Waals surface area contributed by atoms with Gasteiger partial charge in [-0.2, -0.15) is 13.2 Å². The fraction of sp³-hybridized carbons (Fsp3) is 0.450. The molecule has 1 aliphatic heterocycles. The largest absolute Gasteiger partial charge is 0.466 e. The Morgan fingerprint density at radius 1 is 1.32 bits per heavy atom. The number of alkyl halides is 3. The van der Waals surface area contributed by atoms with Crippen molar-refractivity contribution in [3.63, 3.8) is 0 Å². The molecule has 1 aromatic heterocycles. The molecule has 8 nitrogen and oxygen atoms in total. The van der Waals surface area contributed by atoms with Crippen molar-refractivity contribution in [2.75, 3.05) is 24.5 Å². The topological polar surface area (TPSA) is 109 Å². The minimum Gasteiger partial charge on any atom is -0.466 e. The van der Waals surface area contributed by atoms with Crippen LogP contribution >= 0.6 is 0 Å². The molecule has 1 fully saturated rings. The first kappa shape index (κ1) is 22.6. The second-order valence-corrected chi connectivity index (χ2v) is 7.69. The second kappa shape index (κ2) is 8.58. The third kappa shape index (κ3) is 5.16. The number of nitrogens with one attached hydrogen (secondary N) is 1. The van der Waals surface area contributed by atoms with E-state index in [4.69, 9.17) is 4.42 Å². The molecule has 1 aromatic carbocycles. The number of carbonyl (C=O) groups excluding carboxylic acids is 1. The van der Waals surface area contributed by atoms with Gasteiger partial charge in [-0.1, -0.05) is 0 Å². The number of nitro groups is 1. The highest BCUT2D eigenvalue weighted by atomic mass is 19.4. The molecule has 1 atom stereocenters. The van der Waals surface area contributed by atoms with Gasteiger partial charge in [-0.15, -0.1) is 0 Å². The van der Waals surface area contributed by atoms with E-state index < -0.39 is 28.0 Å². The van der Waals surface area contributed by atoms with Crippen LogP contribution in [0.15, 0.2) is 41.0 Å². The van der Waals surface area contributed by atoms with E-state index in [1.54, 1.807) is 17.0 Å². The maximum Gasteiger partial charge on any atom is 0.416 e. The van der Waals surface area contributed by atoms with Gasteiger partial charge in [0, 0.05) is 25.1 Å². The molecular formula is C20H22F3N3O5. The molecule has 0 bridgehead atoms. The lowest BCUT2D eigenvalue weighted by Gasteiger charge is -2.33. The molecule has 1 amide bonds. The summed E-state index contributed by atoms with van der Waals surface area (Å²) >= 11 is 0. The van der Waals surface area contributed by atoms with Crippen molar-refractivity contribution in [1.82, 2.24) is 5.32 Å². The molecule has 0 spiro atoms. The van der Waals surface area contributed by atoms with Crippen LogP contribution in [0.5, 0.6) is 0 Å². The molecule has 0 aliphatic carbocycles. The Balaban J connectivity index is 1.61. The number of hydrogen-bond acceptors (Lipinski definition) is 6. The zero-order chi connectivity index (χ0) is 22.8. The summed E-state index contributed by atoms with van der Waals surface area (Å²) in [6.07, 6.45) is -2.52. The van der Waals surface area contributed by atoms with E-state index >= 15 is 0 Å². The highest BCUT2D eigenvalue weighted by Crippen LogP contribution is 2.37. The predicted molar refractivity (Wildman–Crippen MR) is 104 cm³/mol. The van der Waals surface area contributed by atoms with Gasteiger partial charge in [0.25, 0.3) is 5.69 Å². The number of carbonyl (C=O) groups is 1. The molecule has 2 N–H and O–H groups in total. The molecule has 11 heteroatoms. The minimum absolute atomic E-state index is 0.0516. The van der Waals surface area contributed by atoms with Crippen LogP contribution in [0.2, 0.25) is 0 Å². The van der Waals surface area contributed by atoms with Crippen molar-refractivity contribution in [2.24, 2.45) is 5.92 Å². The van der Waals surface area contributed by atoms with Crippen LogP contribution in [0.25, 0.3) is 0 Å². The zero-order valence-electron chi connectivity index (χ0n) is 16.7. The van der Waals surface area contributed by atoms with Crippen molar-refractivity contribution >= 4 is 17.3 Å². The highest BCUT2D eigenvalue weighted by Gasteiger charge is 2.35. The van der Waals surface area contributed by atoms with E-state index in [9.17, 15) is 33.2 Å². The fourth-order valence-electron chi connectivity index (χ4n) is 3.57. The quantitative estimate of drug-likeness (QED) is 0.525. The van der Waals surface area contributed by atoms with Gasteiger partial charge in [-0.05, 0) is 44.0 Å². The summed E-state index contributed by atoms with van der Waals surface area (Å²) < 4.78 is 43.8. The molecule has 0 radical (unpaired) electrons. The summed E-state index contributed by atoms with van der Waals surface area (Å²) in [5.74, 6) is -0.331. The van der Waals surface area contributed by atoms with E-state index in [2.05, 4.69) is 5.32 Å². The van der Waals surface area contributed by atoms with Gasteiger partial charge in [0.2, 0.25) is 5.91 Å². The molecule has 1 aliphatic rings. The number of aliphatic hydroxyl groups is 1. The number of benzene rings is 1. The van der Waals surface area contributed by atoms with Crippen molar-refractivity contribution in [3.8, 4) is 0 Å². The van der Waals surface area contributed by atoms with Crippen LogP contribution in [0.1, 0.15) is 31.1 Å². The molecular weight excluding hydrogens is 419 g/mol. The Hall–Kier alpha value is -3.08. The minimum atomic E-state index is -4.68. The maximum absolute atomic E-state index is 12.9. The number of amides is 1. The molecule has 1 saturated heterocycles. The maximum atomic E-state index is 12.9. The molecule has 0 saturated carbocycles. The van der Waals surface area contributed by atoms with Gasteiger partial charge >= 0.3 is 6.18 Å². The van der Waals surface area contributed by atoms with E-state index in [-0.39, 0.29) is 37.1 Å². The number of piperidine rings is 1. The number of rotatable bonds is 6. The molecule has 0 unspecified atom stereocenters. The van der Waals surface area contributed by atoms with E-state index in [0.717, 1.165) is 12.1 Å². The third-order valence-corrected chi connectivity index (χ3v) is 5.36. The summed E-state index contributed by atoms with van der Waals surface area (Å²) in [7, 11) is 0. The Morgan fingerprint density at radius 2 is 2.00 bits per heavy atom. The van der Waals surface area contributed by atoms with Crippen molar-refractivity contribution in [2.45, 2.75) is 31.5 Å². The van der Waals surface area contributed by atoms with Crippen LogP contribution < -0.4 is 10.2 Å². The molecule has 2 heterocycles. The first-order chi connectivity index (χ1) is 14.5. The Morgan fingerprint density at radius 3 is 2.55 bits per heavy atom. The summed E-state index contributed by atoms with van der Waals surface area (Å²) in [4.78, 5) is 24.6. The summed E-state index contributed by atoms with van der Waals surface area (Å²) in [6.45, 7) is 2.01. The molecule has 168 valence electrons. The number of nitro benzene ring substituents is 1. The standard InChI is InChI=1S/C20H22F3N3O5/c1-19(28,17-3-2-10-31-17)12-24-18(27)13-6-8-25(9-7-13)15-5-4-14(20(21,22)23)11-16(15)26(29)30/h2-5,10-11,13,28H,6-9,12H2,1H3,(H,24,27)/t19-/m0/s1. The normalized spacial score (nSPS) is 17.3. The number of hydrogen-bond donors (Lipinski definition) is 2. The average molecular weight is 441 g/mol. The lowest BCUT2D eigenvalue weighted by atomic mass is 9.94. The first-order valence-electron chi connectivity index (χ1n) is 9.63. The lowest BCUT2D eigenvalue weighted by Crippen LogP contribution is -2.44. The number of nitrogens with zero attached hydrogens (tertiary/aromatic N) is 2. The fourth-order valence-corrected chi connectivity index (χ4v) is 3.57. The third-order valence-electron chi connectivity index (χ3n) is 5.36. The monoisotopic (exact) mass is 441 g/mol. The number of anilines is 1. The average Bonchev–Trinajstić information content (AvgIpc) is 3.27. The van der Waals surface area contributed by atoms with Crippen molar-refractivity contribution in [1.29, 1.82) is 0 Å². The van der Waals surface area contributed by atoms with Gasteiger partial charge in [-0.25, -0.2) is 0 Å². The van der Waals surface area contributed by atoms with Gasteiger partial charge in [-0.3, -0.25) is 14.9 Å². The van der Waals surface area contributed by atoms with E-state index in [1.165, 1.54) is 13.2 Å². The second-order valence-electron chi connectivity index (χ2n) is 7.69.